The molecule has 6 heteroatoms. The van der Waals surface area contributed by atoms with Gasteiger partial charge in [0.2, 0.25) is 0 Å². The van der Waals surface area contributed by atoms with E-state index >= 15 is 0 Å². The molecule has 0 spiro atoms. The molecule has 3 aromatic rings. The van der Waals surface area contributed by atoms with Crippen molar-refractivity contribution < 1.29 is 14.3 Å². The quantitative estimate of drug-likeness (QED) is 0.405. The summed E-state index contributed by atoms with van der Waals surface area (Å²) in [6.45, 7) is 2.57. The van der Waals surface area contributed by atoms with Crippen LogP contribution in [0.5, 0.6) is 5.75 Å². The summed E-state index contributed by atoms with van der Waals surface area (Å²) >= 11 is 5.45. The van der Waals surface area contributed by atoms with Crippen molar-refractivity contribution in [1.82, 2.24) is 10.6 Å². The fourth-order valence-electron chi connectivity index (χ4n) is 3.57. The Balaban J connectivity index is 1.64. The summed E-state index contributed by atoms with van der Waals surface area (Å²) in [4.78, 5) is 13.0. The Morgan fingerprint density at radius 1 is 0.938 bits per heavy atom. The highest BCUT2D eigenvalue weighted by Crippen LogP contribution is 2.32. The fourth-order valence-corrected chi connectivity index (χ4v) is 3.79. The lowest BCUT2D eigenvalue weighted by Crippen LogP contribution is -2.45. The fraction of sp³-hybridized carbons (Fsp3) is 0.154. The van der Waals surface area contributed by atoms with Crippen molar-refractivity contribution >= 4 is 29.0 Å². The molecule has 0 amide bonds. The van der Waals surface area contributed by atoms with Gasteiger partial charge < -0.3 is 20.1 Å². The highest BCUT2D eigenvalue weighted by Gasteiger charge is 2.33. The molecule has 1 aliphatic heterocycles. The van der Waals surface area contributed by atoms with Gasteiger partial charge in [-0.25, -0.2) is 4.79 Å². The molecule has 1 heterocycles. The summed E-state index contributed by atoms with van der Waals surface area (Å²) in [7, 11) is 0. The lowest BCUT2D eigenvalue weighted by atomic mass is 9.93. The van der Waals surface area contributed by atoms with Crippen LogP contribution < -0.4 is 15.4 Å². The molecule has 0 saturated carbocycles. The summed E-state index contributed by atoms with van der Waals surface area (Å²) in [5.74, 6) is 0.363. The smallest absolute Gasteiger partial charge is 0.338 e. The number of thiocarbonyl (C=S) groups is 1. The second-order valence-corrected chi connectivity index (χ2v) is 7.66. The van der Waals surface area contributed by atoms with Crippen molar-refractivity contribution in [2.24, 2.45) is 0 Å². The number of rotatable bonds is 7. The molecular weight excluding hydrogens is 420 g/mol. The van der Waals surface area contributed by atoms with E-state index in [1.54, 1.807) is 6.92 Å². The van der Waals surface area contributed by atoms with Gasteiger partial charge in [0.15, 0.2) is 5.11 Å². The minimum Gasteiger partial charge on any atom is -0.489 e. The molecule has 162 valence electrons. The van der Waals surface area contributed by atoms with Crippen molar-refractivity contribution in [1.29, 1.82) is 0 Å². The molecule has 0 fully saturated rings. The van der Waals surface area contributed by atoms with Gasteiger partial charge in [-0.1, -0.05) is 72.8 Å². The molecule has 0 saturated heterocycles. The van der Waals surface area contributed by atoms with E-state index in [1.165, 1.54) is 0 Å². The third-order valence-electron chi connectivity index (χ3n) is 5.09. The monoisotopic (exact) mass is 444 g/mol. The van der Waals surface area contributed by atoms with Gasteiger partial charge >= 0.3 is 5.97 Å². The van der Waals surface area contributed by atoms with Gasteiger partial charge in [0, 0.05) is 0 Å². The SMILES string of the molecule is CCOC(=O)C1=C(c2ccccc2)NC(=S)N[C@H]1c1ccc(OCc2ccccc2)cc1. The lowest BCUT2D eigenvalue weighted by molar-refractivity contribution is -0.138. The van der Waals surface area contributed by atoms with Crippen LogP contribution in [0.25, 0.3) is 5.70 Å². The first kappa shape index (κ1) is 21.6. The average molecular weight is 445 g/mol. The van der Waals surface area contributed by atoms with Crippen LogP contribution in [0, 0.1) is 0 Å². The van der Waals surface area contributed by atoms with Gasteiger partial charge in [-0.15, -0.1) is 0 Å². The van der Waals surface area contributed by atoms with Crippen LogP contribution in [0.1, 0.15) is 29.7 Å². The van der Waals surface area contributed by atoms with E-state index in [-0.39, 0.29) is 12.6 Å². The third kappa shape index (κ3) is 4.98. The van der Waals surface area contributed by atoms with E-state index in [0.717, 1.165) is 22.4 Å². The molecule has 3 aromatic carbocycles. The van der Waals surface area contributed by atoms with Crippen LogP contribution in [0.4, 0.5) is 0 Å². The zero-order valence-electron chi connectivity index (χ0n) is 17.7. The number of esters is 1. The number of ether oxygens (including phenoxy) is 2. The highest BCUT2D eigenvalue weighted by molar-refractivity contribution is 7.80. The van der Waals surface area contributed by atoms with Gasteiger partial charge in [0.05, 0.1) is 23.9 Å². The van der Waals surface area contributed by atoms with Crippen LogP contribution in [-0.2, 0) is 16.1 Å². The minimum atomic E-state index is -0.443. The summed E-state index contributed by atoms with van der Waals surface area (Å²) < 4.78 is 11.3. The van der Waals surface area contributed by atoms with Crippen LogP contribution in [0.15, 0.2) is 90.5 Å². The predicted molar refractivity (Wildman–Crippen MR) is 129 cm³/mol. The molecule has 1 aliphatic rings. The molecule has 0 aromatic heterocycles. The van der Waals surface area contributed by atoms with E-state index in [0.29, 0.717) is 23.0 Å². The average Bonchev–Trinajstić information content (AvgIpc) is 2.84. The first-order valence-corrected chi connectivity index (χ1v) is 10.9. The number of carbonyl (C=O) groups is 1. The van der Waals surface area contributed by atoms with E-state index < -0.39 is 6.04 Å². The third-order valence-corrected chi connectivity index (χ3v) is 5.31. The Morgan fingerprint density at radius 3 is 2.25 bits per heavy atom. The van der Waals surface area contributed by atoms with Crippen LogP contribution in [0.3, 0.4) is 0 Å². The molecule has 0 bridgehead atoms. The zero-order valence-corrected chi connectivity index (χ0v) is 18.5. The summed E-state index contributed by atoms with van der Waals surface area (Å²) in [5.41, 5.74) is 4.00. The van der Waals surface area contributed by atoms with Crippen LogP contribution >= 0.6 is 12.2 Å². The van der Waals surface area contributed by atoms with Gasteiger partial charge in [-0.3, -0.25) is 0 Å². The van der Waals surface area contributed by atoms with Crippen molar-refractivity contribution in [3.05, 3.63) is 107 Å². The number of nitrogens with one attached hydrogen (secondary N) is 2. The van der Waals surface area contributed by atoms with Gasteiger partial charge in [0.25, 0.3) is 0 Å². The highest BCUT2D eigenvalue weighted by atomic mass is 32.1. The first-order valence-electron chi connectivity index (χ1n) is 10.5. The first-order chi connectivity index (χ1) is 15.7. The Hall–Kier alpha value is -3.64. The summed E-state index contributed by atoms with van der Waals surface area (Å²) in [6.07, 6.45) is 0. The van der Waals surface area contributed by atoms with Crippen molar-refractivity contribution in [3.8, 4) is 5.75 Å². The normalized spacial score (nSPS) is 15.5. The Kier molecular flexibility index (Phi) is 6.82. The summed E-state index contributed by atoms with van der Waals surface area (Å²) in [5, 5.41) is 6.82. The molecule has 32 heavy (non-hydrogen) atoms. The molecule has 4 rings (SSSR count). The van der Waals surface area contributed by atoms with E-state index in [2.05, 4.69) is 10.6 Å². The second-order valence-electron chi connectivity index (χ2n) is 7.25. The minimum absolute atomic E-state index is 0.286. The van der Waals surface area contributed by atoms with Crippen molar-refractivity contribution in [3.63, 3.8) is 0 Å². The van der Waals surface area contributed by atoms with E-state index in [9.17, 15) is 4.79 Å². The zero-order chi connectivity index (χ0) is 22.3. The Morgan fingerprint density at radius 2 is 1.59 bits per heavy atom. The lowest BCUT2D eigenvalue weighted by Gasteiger charge is -2.31. The molecular formula is C26H24N2O3S. The predicted octanol–water partition coefficient (Wildman–Crippen LogP) is 4.76. The topological polar surface area (TPSA) is 59.6 Å². The van der Waals surface area contributed by atoms with Gasteiger partial charge in [-0.2, -0.15) is 0 Å². The van der Waals surface area contributed by atoms with Crippen molar-refractivity contribution in [2.75, 3.05) is 6.61 Å². The Bertz CT molecular complexity index is 1110. The maximum atomic E-state index is 13.0. The summed E-state index contributed by atoms with van der Waals surface area (Å²) in [6, 6.07) is 26.9. The van der Waals surface area contributed by atoms with E-state index in [1.807, 2.05) is 84.9 Å². The largest absolute Gasteiger partial charge is 0.489 e. The Labute approximate surface area is 193 Å². The maximum Gasteiger partial charge on any atom is 0.338 e. The van der Waals surface area contributed by atoms with Crippen molar-refractivity contribution in [2.45, 2.75) is 19.6 Å². The second kappa shape index (κ2) is 10.1. The molecule has 0 unspecified atom stereocenters. The molecule has 2 N–H and O–H groups in total. The van der Waals surface area contributed by atoms with Gasteiger partial charge in [-0.05, 0) is 48.0 Å². The van der Waals surface area contributed by atoms with Crippen LogP contribution in [0.2, 0.25) is 0 Å². The molecule has 0 radical (unpaired) electrons. The number of benzene rings is 3. The molecule has 1 atom stereocenters. The number of hydrogen-bond donors (Lipinski definition) is 2. The standard InChI is InChI=1S/C26H24N2O3S/c1-2-30-25(29)22-23(19-11-7-4-8-12-19)27-26(32)28-24(22)20-13-15-21(16-14-20)31-17-18-9-5-3-6-10-18/h3-16,24H,2,17H2,1H3,(H2,27,28,32)/t24-/m0/s1. The maximum absolute atomic E-state index is 13.0. The van der Waals surface area contributed by atoms with Crippen LogP contribution in [-0.4, -0.2) is 17.7 Å². The van der Waals surface area contributed by atoms with Gasteiger partial charge in [0.1, 0.15) is 12.4 Å². The number of hydrogen-bond acceptors (Lipinski definition) is 4. The van der Waals surface area contributed by atoms with E-state index in [4.69, 9.17) is 21.7 Å². The molecule has 0 aliphatic carbocycles. The number of carbonyl (C=O) groups excluding carboxylic acids is 1. The molecule has 5 nitrogen and oxygen atoms in total.